The molecule has 0 spiro atoms. The molecule has 1 fully saturated rings. The molecule has 0 radical (unpaired) electrons. The van der Waals surface area contributed by atoms with E-state index >= 15 is 0 Å². The molecule has 0 unspecified atom stereocenters. The van der Waals surface area contributed by atoms with Crippen molar-refractivity contribution in [1.29, 1.82) is 0 Å². The highest BCUT2D eigenvalue weighted by molar-refractivity contribution is 5.85. The van der Waals surface area contributed by atoms with Crippen LogP contribution in [0.3, 0.4) is 0 Å². The largest absolute Gasteiger partial charge is 0.367 e. The number of fused-ring (bicyclic) bond motifs is 2. The van der Waals surface area contributed by atoms with Crippen molar-refractivity contribution in [3.63, 3.8) is 0 Å². The van der Waals surface area contributed by atoms with E-state index in [0.717, 1.165) is 67.4 Å². The quantitative estimate of drug-likeness (QED) is 0.763. The Hall–Kier alpha value is -2.77. The lowest BCUT2D eigenvalue weighted by molar-refractivity contribution is 0.302. The second-order valence-corrected chi connectivity index (χ2v) is 7.66. The van der Waals surface area contributed by atoms with Crippen molar-refractivity contribution in [2.75, 3.05) is 5.32 Å². The minimum absolute atomic E-state index is 0.0555. The second-order valence-electron chi connectivity index (χ2n) is 7.66. The van der Waals surface area contributed by atoms with Gasteiger partial charge < -0.3 is 5.32 Å². The third-order valence-corrected chi connectivity index (χ3v) is 5.80. The lowest BCUT2D eigenvalue weighted by Gasteiger charge is -2.30. The number of nitrogens with one attached hydrogen (secondary N) is 1. The maximum absolute atomic E-state index is 12.5. The third-order valence-electron chi connectivity index (χ3n) is 5.80. The van der Waals surface area contributed by atoms with E-state index in [1.807, 2.05) is 13.2 Å². The van der Waals surface area contributed by atoms with E-state index in [1.54, 1.807) is 21.8 Å². The summed E-state index contributed by atoms with van der Waals surface area (Å²) in [6.45, 7) is 0. The molecule has 1 saturated carbocycles. The van der Waals surface area contributed by atoms with Crippen LogP contribution in [0.1, 0.15) is 49.4 Å². The molecule has 0 saturated heterocycles. The maximum atomic E-state index is 12.5. The zero-order valence-electron chi connectivity index (χ0n) is 15.4. The van der Waals surface area contributed by atoms with Crippen LogP contribution in [0.25, 0.3) is 11.0 Å². The van der Waals surface area contributed by atoms with E-state index in [1.165, 1.54) is 0 Å². The van der Waals surface area contributed by atoms with Gasteiger partial charge in [-0.15, -0.1) is 0 Å². The molecular formula is C19H23N7O. The Kier molecular flexibility index (Phi) is 3.91. The Morgan fingerprint density at radius 3 is 2.81 bits per heavy atom. The number of hydrogen-bond acceptors (Lipinski definition) is 6. The summed E-state index contributed by atoms with van der Waals surface area (Å²) in [5.74, 6) is 0.837. The van der Waals surface area contributed by atoms with Gasteiger partial charge in [0.05, 0.1) is 17.1 Å². The van der Waals surface area contributed by atoms with Gasteiger partial charge in [-0.1, -0.05) is 0 Å². The molecule has 140 valence electrons. The predicted molar refractivity (Wildman–Crippen MR) is 102 cm³/mol. The molecule has 2 aliphatic carbocycles. The zero-order valence-corrected chi connectivity index (χ0v) is 15.4. The minimum Gasteiger partial charge on any atom is -0.367 e. The van der Waals surface area contributed by atoms with E-state index < -0.39 is 0 Å². The first kappa shape index (κ1) is 16.4. The summed E-state index contributed by atoms with van der Waals surface area (Å²) in [7, 11) is 1.89. The lowest BCUT2D eigenvalue weighted by Crippen LogP contribution is -2.34. The Morgan fingerprint density at radius 1 is 1.11 bits per heavy atom. The average molecular weight is 365 g/mol. The Morgan fingerprint density at radius 2 is 1.96 bits per heavy atom. The summed E-state index contributed by atoms with van der Waals surface area (Å²) in [5.41, 5.74) is 3.03. The monoisotopic (exact) mass is 365 g/mol. The molecular weight excluding hydrogens is 342 g/mol. The molecule has 0 amide bonds. The standard InChI is InChI=1S/C19H23N7O/c1-25-10-15-18(20-11-21-19(15)24-25)22-13-5-7-14(8-6-13)26-17(27)9-12-3-2-4-16(12)23-26/h9-11,13-14H,2-8H2,1H3,(H,20,21,22,24). The summed E-state index contributed by atoms with van der Waals surface area (Å²) in [6.07, 6.45) is 10.5. The van der Waals surface area contributed by atoms with Crippen LogP contribution in [0.4, 0.5) is 5.82 Å². The fourth-order valence-corrected chi connectivity index (χ4v) is 4.40. The second kappa shape index (κ2) is 6.44. The SMILES string of the molecule is Cn1cc2c(NC3CCC(n4nc5c(cc4=O)CCC5)CC3)ncnc2n1. The number of aryl methyl sites for hydroxylation is 3. The van der Waals surface area contributed by atoms with Gasteiger partial charge in [0.25, 0.3) is 5.56 Å². The van der Waals surface area contributed by atoms with Gasteiger partial charge in [-0.05, 0) is 50.5 Å². The summed E-state index contributed by atoms with van der Waals surface area (Å²) in [4.78, 5) is 21.1. The molecule has 0 bridgehead atoms. The van der Waals surface area contributed by atoms with Crippen molar-refractivity contribution < 1.29 is 0 Å². The van der Waals surface area contributed by atoms with Crippen molar-refractivity contribution in [2.45, 2.75) is 57.0 Å². The first-order valence-corrected chi connectivity index (χ1v) is 9.70. The third kappa shape index (κ3) is 2.98. The van der Waals surface area contributed by atoms with Crippen LogP contribution in [0.5, 0.6) is 0 Å². The summed E-state index contributed by atoms with van der Waals surface area (Å²) >= 11 is 0. The first-order valence-electron chi connectivity index (χ1n) is 9.70. The highest BCUT2D eigenvalue weighted by Gasteiger charge is 2.26. The van der Waals surface area contributed by atoms with E-state index in [4.69, 9.17) is 0 Å². The number of hydrogen-bond donors (Lipinski definition) is 1. The van der Waals surface area contributed by atoms with E-state index in [2.05, 4.69) is 25.5 Å². The van der Waals surface area contributed by atoms with E-state index in [0.29, 0.717) is 11.7 Å². The number of nitrogens with zero attached hydrogens (tertiary/aromatic N) is 6. The molecule has 5 rings (SSSR count). The maximum Gasteiger partial charge on any atom is 0.267 e. The fraction of sp³-hybridized carbons (Fsp3) is 0.526. The fourth-order valence-electron chi connectivity index (χ4n) is 4.40. The molecule has 1 N–H and O–H groups in total. The van der Waals surface area contributed by atoms with Crippen molar-refractivity contribution >= 4 is 16.9 Å². The van der Waals surface area contributed by atoms with Gasteiger partial charge in [0.2, 0.25) is 0 Å². The molecule has 0 atom stereocenters. The average Bonchev–Trinajstić information content (AvgIpc) is 3.27. The van der Waals surface area contributed by atoms with Gasteiger partial charge in [0.1, 0.15) is 12.1 Å². The smallest absolute Gasteiger partial charge is 0.267 e. The number of rotatable bonds is 3. The molecule has 0 aromatic carbocycles. The molecule has 0 aliphatic heterocycles. The van der Waals surface area contributed by atoms with Crippen molar-refractivity contribution in [2.24, 2.45) is 7.05 Å². The molecule has 2 aliphatic rings. The van der Waals surface area contributed by atoms with Gasteiger partial charge in [0, 0.05) is 25.4 Å². The lowest BCUT2D eigenvalue weighted by atomic mass is 9.91. The summed E-state index contributed by atoms with van der Waals surface area (Å²) < 4.78 is 3.50. The van der Waals surface area contributed by atoms with Crippen LogP contribution in [0.2, 0.25) is 0 Å². The topological polar surface area (TPSA) is 90.5 Å². The van der Waals surface area contributed by atoms with Gasteiger partial charge >= 0.3 is 0 Å². The highest BCUT2D eigenvalue weighted by atomic mass is 16.1. The first-order chi connectivity index (χ1) is 13.2. The molecule has 27 heavy (non-hydrogen) atoms. The Bertz CT molecular complexity index is 1050. The normalized spacial score (nSPS) is 22.1. The molecule has 3 aromatic heterocycles. The van der Waals surface area contributed by atoms with Crippen LogP contribution in [0.15, 0.2) is 23.4 Å². The van der Waals surface area contributed by atoms with Gasteiger partial charge in [-0.2, -0.15) is 10.2 Å². The van der Waals surface area contributed by atoms with Gasteiger partial charge in [-0.3, -0.25) is 9.48 Å². The van der Waals surface area contributed by atoms with Crippen molar-refractivity contribution in [1.82, 2.24) is 29.5 Å². The van der Waals surface area contributed by atoms with Crippen LogP contribution in [0, 0.1) is 0 Å². The van der Waals surface area contributed by atoms with Crippen molar-refractivity contribution in [3.05, 3.63) is 40.2 Å². The van der Waals surface area contributed by atoms with Crippen molar-refractivity contribution in [3.8, 4) is 0 Å². The van der Waals surface area contributed by atoms with E-state index in [-0.39, 0.29) is 11.6 Å². The van der Waals surface area contributed by atoms with Gasteiger partial charge in [-0.25, -0.2) is 14.6 Å². The molecule has 8 nitrogen and oxygen atoms in total. The van der Waals surface area contributed by atoms with Crippen LogP contribution >= 0.6 is 0 Å². The molecule has 3 heterocycles. The van der Waals surface area contributed by atoms with E-state index in [9.17, 15) is 4.79 Å². The minimum atomic E-state index is 0.0555. The Balaban J connectivity index is 1.30. The number of anilines is 1. The number of aromatic nitrogens is 6. The van der Waals surface area contributed by atoms with Crippen LogP contribution in [-0.2, 0) is 19.9 Å². The van der Waals surface area contributed by atoms with Crippen LogP contribution in [-0.4, -0.2) is 35.6 Å². The van der Waals surface area contributed by atoms with Gasteiger partial charge in [0.15, 0.2) is 5.65 Å². The summed E-state index contributed by atoms with van der Waals surface area (Å²) in [6, 6.07) is 2.34. The van der Waals surface area contributed by atoms with Crippen LogP contribution < -0.4 is 10.9 Å². The highest BCUT2D eigenvalue weighted by Crippen LogP contribution is 2.30. The molecule has 3 aromatic rings. The predicted octanol–water partition coefficient (Wildman–Crippen LogP) is 2.00. The zero-order chi connectivity index (χ0) is 18.4. The summed E-state index contributed by atoms with van der Waals surface area (Å²) in [5, 5.41) is 13.5. The molecule has 8 heteroatoms. The Labute approximate surface area is 156 Å².